The summed E-state index contributed by atoms with van der Waals surface area (Å²) in [5.74, 6) is 0. The van der Waals surface area contributed by atoms with Crippen LogP contribution in [0.3, 0.4) is 0 Å². The van der Waals surface area contributed by atoms with E-state index in [0.717, 1.165) is 6.54 Å². The Balaban J connectivity index is 3.27. The molecule has 0 aromatic rings. The third kappa shape index (κ3) is 4.73. The third-order valence-electron chi connectivity index (χ3n) is 1.42. The van der Waals surface area contributed by atoms with E-state index in [4.69, 9.17) is 4.74 Å². The molecule has 0 saturated heterocycles. The van der Waals surface area contributed by atoms with Crippen LogP contribution in [0, 0.1) is 0 Å². The Morgan fingerprint density at radius 3 is 2.60 bits per heavy atom. The van der Waals surface area contributed by atoms with Crippen molar-refractivity contribution in [2.45, 2.75) is 13.0 Å². The van der Waals surface area contributed by atoms with Gasteiger partial charge >= 0.3 is 0 Å². The standard InChI is InChI=1S/C7H17NO2/c1-4-8(2)5-7(9)6-10-3/h7,9H,4-6H2,1-3H3. The molecular formula is C7H17NO2. The summed E-state index contributed by atoms with van der Waals surface area (Å²) in [5.41, 5.74) is 0. The molecule has 0 aromatic carbocycles. The number of rotatable bonds is 5. The highest BCUT2D eigenvalue weighted by Gasteiger charge is 2.04. The van der Waals surface area contributed by atoms with Crippen LogP contribution in [0.2, 0.25) is 0 Å². The molecule has 0 bridgehead atoms. The van der Waals surface area contributed by atoms with Crippen molar-refractivity contribution < 1.29 is 9.84 Å². The van der Waals surface area contributed by atoms with Crippen molar-refractivity contribution in [3.05, 3.63) is 0 Å². The molecule has 1 unspecified atom stereocenters. The fourth-order valence-corrected chi connectivity index (χ4v) is 0.734. The van der Waals surface area contributed by atoms with Gasteiger partial charge < -0.3 is 14.7 Å². The molecule has 0 aliphatic carbocycles. The number of hydrogen-bond acceptors (Lipinski definition) is 3. The second-order valence-corrected chi connectivity index (χ2v) is 2.46. The van der Waals surface area contributed by atoms with E-state index in [9.17, 15) is 5.11 Å². The first-order chi connectivity index (χ1) is 4.70. The Morgan fingerprint density at radius 2 is 2.20 bits per heavy atom. The largest absolute Gasteiger partial charge is 0.389 e. The summed E-state index contributed by atoms with van der Waals surface area (Å²) >= 11 is 0. The van der Waals surface area contributed by atoms with Crippen molar-refractivity contribution in [3.8, 4) is 0 Å². The number of ether oxygens (including phenoxy) is 1. The van der Waals surface area contributed by atoms with Gasteiger partial charge in [-0.2, -0.15) is 0 Å². The Bertz CT molecular complexity index is 78.0. The second-order valence-electron chi connectivity index (χ2n) is 2.46. The number of likely N-dealkylation sites (N-methyl/N-ethyl adjacent to an activating group) is 1. The predicted molar refractivity (Wildman–Crippen MR) is 41.1 cm³/mol. The molecule has 3 heteroatoms. The molecule has 0 rings (SSSR count). The summed E-state index contributed by atoms with van der Waals surface area (Å²) in [6.07, 6.45) is -0.352. The fourth-order valence-electron chi connectivity index (χ4n) is 0.734. The minimum Gasteiger partial charge on any atom is -0.389 e. The lowest BCUT2D eigenvalue weighted by atomic mass is 10.3. The Morgan fingerprint density at radius 1 is 1.60 bits per heavy atom. The molecule has 0 aromatic heterocycles. The van der Waals surface area contributed by atoms with Gasteiger partial charge in [-0.1, -0.05) is 6.92 Å². The van der Waals surface area contributed by atoms with Gasteiger partial charge in [-0.3, -0.25) is 0 Å². The minimum absolute atomic E-state index is 0.352. The molecule has 3 nitrogen and oxygen atoms in total. The zero-order valence-electron chi connectivity index (χ0n) is 7.00. The maximum atomic E-state index is 9.18. The monoisotopic (exact) mass is 147 g/mol. The van der Waals surface area contributed by atoms with Gasteiger partial charge in [0.15, 0.2) is 0 Å². The zero-order valence-corrected chi connectivity index (χ0v) is 7.00. The van der Waals surface area contributed by atoms with E-state index >= 15 is 0 Å². The molecule has 62 valence electrons. The van der Waals surface area contributed by atoms with Crippen molar-refractivity contribution >= 4 is 0 Å². The molecule has 0 aliphatic heterocycles. The maximum Gasteiger partial charge on any atom is 0.0899 e. The first-order valence-corrected chi connectivity index (χ1v) is 3.56. The Kier molecular flexibility index (Phi) is 5.58. The van der Waals surface area contributed by atoms with Crippen LogP contribution in [0.25, 0.3) is 0 Å². The molecule has 1 atom stereocenters. The van der Waals surface area contributed by atoms with Crippen LogP contribution in [-0.2, 0) is 4.74 Å². The Hall–Kier alpha value is -0.120. The number of methoxy groups -OCH3 is 1. The molecule has 10 heavy (non-hydrogen) atoms. The van der Waals surface area contributed by atoms with E-state index in [1.807, 2.05) is 11.9 Å². The summed E-state index contributed by atoms with van der Waals surface area (Å²) in [4.78, 5) is 2.05. The molecule has 0 radical (unpaired) electrons. The lowest BCUT2D eigenvalue weighted by molar-refractivity contribution is 0.0443. The number of aliphatic hydroxyl groups is 1. The van der Waals surface area contributed by atoms with Gasteiger partial charge in [-0.15, -0.1) is 0 Å². The molecule has 0 saturated carbocycles. The first-order valence-electron chi connectivity index (χ1n) is 3.56. The van der Waals surface area contributed by atoms with Crippen molar-refractivity contribution in [1.82, 2.24) is 4.90 Å². The molecule has 0 fully saturated rings. The molecular weight excluding hydrogens is 130 g/mol. The summed E-state index contributed by atoms with van der Waals surface area (Å²) in [5, 5.41) is 9.18. The van der Waals surface area contributed by atoms with Crippen LogP contribution < -0.4 is 0 Å². The first kappa shape index (κ1) is 9.88. The molecule has 0 amide bonds. The van der Waals surface area contributed by atoms with Crippen molar-refractivity contribution in [1.29, 1.82) is 0 Å². The molecule has 0 aliphatic rings. The second kappa shape index (κ2) is 5.65. The lowest BCUT2D eigenvalue weighted by Gasteiger charge is -2.17. The smallest absolute Gasteiger partial charge is 0.0899 e. The number of hydrogen-bond donors (Lipinski definition) is 1. The van der Waals surface area contributed by atoms with E-state index in [1.54, 1.807) is 7.11 Å². The average Bonchev–Trinajstić information content (AvgIpc) is 1.88. The van der Waals surface area contributed by atoms with Crippen LogP contribution in [0.5, 0.6) is 0 Å². The molecule has 0 heterocycles. The van der Waals surface area contributed by atoms with Crippen LogP contribution in [0.1, 0.15) is 6.92 Å². The molecule has 1 N–H and O–H groups in total. The third-order valence-corrected chi connectivity index (χ3v) is 1.42. The fraction of sp³-hybridized carbons (Fsp3) is 1.00. The lowest BCUT2D eigenvalue weighted by Crippen LogP contribution is -2.31. The van der Waals surface area contributed by atoms with Gasteiger partial charge in [-0.05, 0) is 13.6 Å². The van der Waals surface area contributed by atoms with Crippen LogP contribution >= 0.6 is 0 Å². The van der Waals surface area contributed by atoms with Gasteiger partial charge in [0, 0.05) is 13.7 Å². The highest BCUT2D eigenvalue weighted by atomic mass is 16.5. The van der Waals surface area contributed by atoms with E-state index in [0.29, 0.717) is 13.2 Å². The van der Waals surface area contributed by atoms with Gasteiger partial charge in [0.25, 0.3) is 0 Å². The average molecular weight is 147 g/mol. The van der Waals surface area contributed by atoms with E-state index in [-0.39, 0.29) is 6.10 Å². The van der Waals surface area contributed by atoms with Crippen molar-refractivity contribution in [2.75, 3.05) is 33.9 Å². The van der Waals surface area contributed by atoms with Gasteiger partial charge in [-0.25, -0.2) is 0 Å². The summed E-state index contributed by atoms with van der Waals surface area (Å²) in [6, 6.07) is 0. The van der Waals surface area contributed by atoms with E-state index < -0.39 is 0 Å². The summed E-state index contributed by atoms with van der Waals surface area (Å²) < 4.78 is 4.77. The van der Waals surface area contributed by atoms with Crippen LogP contribution in [0.15, 0.2) is 0 Å². The van der Waals surface area contributed by atoms with Gasteiger partial charge in [0.2, 0.25) is 0 Å². The Labute approximate surface area is 62.6 Å². The van der Waals surface area contributed by atoms with Crippen LogP contribution in [-0.4, -0.2) is 50.0 Å². The maximum absolute atomic E-state index is 9.18. The predicted octanol–water partition coefficient (Wildman–Crippen LogP) is -0.0546. The number of aliphatic hydroxyl groups excluding tert-OH is 1. The normalized spacial score (nSPS) is 14.1. The van der Waals surface area contributed by atoms with Gasteiger partial charge in [0.05, 0.1) is 12.7 Å². The highest BCUT2D eigenvalue weighted by molar-refractivity contribution is 4.57. The van der Waals surface area contributed by atoms with Crippen molar-refractivity contribution in [2.24, 2.45) is 0 Å². The van der Waals surface area contributed by atoms with Crippen LogP contribution in [0.4, 0.5) is 0 Å². The topological polar surface area (TPSA) is 32.7 Å². The van der Waals surface area contributed by atoms with Gasteiger partial charge in [0.1, 0.15) is 0 Å². The number of nitrogens with zero attached hydrogens (tertiary/aromatic N) is 1. The SMILES string of the molecule is CCN(C)CC(O)COC. The van der Waals surface area contributed by atoms with Crippen molar-refractivity contribution in [3.63, 3.8) is 0 Å². The quantitative estimate of drug-likeness (QED) is 0.591. The molecule has 0 spiro atoms. The van der Waals surface area contributed by atoms with E-state index in [2.05, 4.69) is 6.92 Å². The zero-order chi connectivity index (χ0) is 7.98. The van der Waals surface area contributed by atoms with E-state index in [1.165, 1.54) is 0 Å². The minimum atomic E-state index is -0.352. The summed E-state index contributed by atoms with van der Waals surface area (Å²) in [6.45, 7) is 4.12. The highest BCUT2D eigenvalue weighted by Crippen LogP contribution is 1.88. The summed E-state index contributed by atoms with van der Waals surface area (Å²) in [7, 11) is 3.56.